The van der Waals surface area contributed by atoms with E-state index in [0.29, 0.717) is 31.2 Å². The van der Waals surface area contributed by atoms with Gasteiger partial charge in [-0.25, -0.2) is 0 Å². The SMILES string of the molecule is CCOC(=O)C1CCCN(C(=O)c2cc(-c3ccco3)n(C)n2)C1. The summed E-state index contributed by atoms with van der Waals surface area (Å²) in [5, 5.41) is 4.30. The largest absolute Gasteiger partial charge is 0.466 e. The first-order valence-electron chi connectivity index (χ1n) is 8.14. The van der Waals surface area contributed by atoms with Crippen LogP contribution in [0, 0.1) is 5.92 Å². The second kappa shape index (κ2) is 6.90. The summed E-state index contributed by atoms with van der Waals surface area (Å²) >= 11 is 0. The quantitative estimate of drug-likeness (QED) is 0.802. The van der Waals surface area contributed by atoms with E-state index >= 15 is 0 Å². The number of amides is 1. The number of aryl methyl sites for hydroxylation is 1. The highest BCUT2D eigenvalue weighted by atomic mass is 16.5. The molecule has 0 aromatic carbocycles. The minimum absolute atomic E-state index is 0.169. The predicted octanol–water partition coefficient (Wildman–Crippen LogP) is 2.10. The molecule has 1 saturated heterocycles. The number of aromatic nitrogens is 2. The molecule has 1 atom stereocenters. The van der Waals surface area contributed by atoms with Crippen LogP contribution in [0.5, 0.6) is 0 Å². The van der Waals surface area contributed by atoms with Gasteiger partial charge in [0.1, 0.15) is 5.69 Å². The molecule has 0 radical (unpaired) electrons. The Kier molecular flexibility index (Phi) is 4.69. The fraction of sp³-hybridized carbons (Fsp3) is 0.471. The van der Waals surface area contributed by atoms with Gasteiger partial charge in [0.2, 0.25) is 0 Å². The number of furan rings is 1. The van der Waals surface area contributed by atoms with E-state index in [2.05, 4.69) is 5.10 Å². The van der Waals surface area contributed by atoms with Gasteiger partial charge in [-0.05, 0) is 31.9 Å². The maximum atomic E-state index is 12.7. The topological polar surface area (TPSA) is 77.6 Å². The molecule has 0 saturated carbocycles. The van der Waals surface area contributed by atoms with Gasteiger partial charge in [-0.15, -0.1) is 0 Å². The molecule has 128 valence electrons. The average molecular weight is 331 g/mol. The molecule has 24 heavy (non-hydrogen) atoms. The van der Waals surface area contributed by atoms with Gasteiger partial charge in [0, 0.05) is 26.2 Å². The van der Waals surface area contributed by atoms with Crippen LogP contribution in [0.2, 0.25) is 0 Å². The van der Waals surface area contributed by atoms with Crippen molar-refractivity contribution in [1.82, 2.24) is 14.7 Å². The van der Waals surface area contributed by atoms with Crippen LogP contribution in [-0.2, 0) is 16.6 Å². The number of nitrogens with zero attached hydrogens (tertiary/aromatic N) is 3. The monoisotopic (exact) mass is 331 g/mol. The number of likely N-dealkylation sites (tertiary alicyclic amines) is 1. The van der Waals surface area contributed by atoms with Gasteiger partial charge in [0.25, 0.3) is 5.91 Å². The molecule has 1 aliphatic rings. The number of carbonyl (C=O) groups is 2. The van der Waals surface area contributed by atoms with Crippen molar-refractivity contribution in [2.75, 3.05) is 19.7 Å². The lowest BCUT2D eigenvalue weighted by molar-refractivity contribution is -0.149. The van der Waals surface area contributed by atoms with Crippen molar-refractivity contribution in [1.29, 1.82) is 0 Å². The fourth-order valence-corrected chi connectivity index (χ4v) is 3.00. The third kappa shape index (κ3) is 3.20. The normalized spacial score (nSPS) is 17.8. The molecule has 0 spiro atoms. The smallest absolute Gasteiger partial charge is 0.310 e. The zero-order valence-electron chi connectivity index (χ0n) is 13.9. The molecule has 0 bridgehead atoms. The Bertz CT molecular complexity index is 720. The van der Waals surface area contributed by atoms with Crippen LogP contribution < -0.4 is 0 Å². The predicted molar refractivity (Wildman–Crippen MR) is 86.2 cm³/mol. The van der Waals surface area contributed by atoms with Crippen LogP contribution in [0.4, 0.5) is 0 Å². The molecule has 2 aromatic rings. The average Bonchev–Trinajstić information content (AvgIpc) is 3.24. The molecule has 1 unspecified atom stereocenters. The lowest BCUT2D eigenvalue weighted by atomic mass is 9.98. The summed E-state index contributed by atoms with van der Waals surface area (Å²) in [6, 6.07) is 5.33. The number of carbonyl (C=O) groups excluding carboxylic acids is 2. The van der Waals surface area contributed by atoms with Gasteiger partial charge in [-0.2, -0.15) is 5.10 Å². The first-order chi connectivity index (χ1) is 11.6. The van der Waals surface area contributed by atoms with Crippen LogP contribution in [-0.4, -0.2) is 46.3 Å². The molecule has 0 N–H and O–H groups in total. The van der Waals surface area contributed by atoms with Crippen LogP contribution in [0.1, 0.15) is 30.3 Å². The number of rotatable bonds is 4. The molecule has 3 rings (SSSR count). The minimum atomic E-state index is -0.254. The highest BCUT2D eigenvalue weighted by Gasteiger charge is 2.31. The fourth-order valence-electron chi connectivity index (χ4n) is 3.00. The Labute approximate surface area is 140 Å². The molecular weight excluding hydrogens is 310 g/mol. The van der Waals surface area contributed by atoms with E-state index in [1.807, 2.05) is 6.07 Å². The first kappa shape index (κ1) is 16.3. The van der Waals surface area contributed by atoms with Crippen molar-refractivity contribution in [3.05, 3.63) is 30.2 Å². The lowest BCUT2D eigenvalue weighted by Crippen LogP contribution is -2.43. The zero-order chi connectivity index (χ0) is 17.1. The Balaban J connectivity index is 1.74. The third-order valence-corrected chi connectivity index (χ3v) is 4.20. The number of hydrogen-bond acceptors (Lipinski definition) is 5. The molecule has 7 heteroatoms. The summed E-state index contributed by atoms with van der Waals surface area (Å²) in [4.78, 5) is 26.3. The van der Waals surface area contributed by atoms with E-state index in [1.54, 1.807) is 41.9 Å². The van der Waals surface area contributed by atoms with E-state index in [1.165, 1.54) is 0 Å². The van der Waals surface area contributed by atoms with Crippen molar-refractivity contribution in [3.8, 4) is 11.5 Å². The van der Waals surface area contributed by atoms with Gasteiger partial charge >= 0.3 is 5.97 Å². The van der Waals surface area contributed by atoms with E-state index in [0.717, 1.165) is 18.5 Å². The van der Waals surface area contributed by atoms with Crippen LogP contribution in [0.15, 0.2) is 28.9 Å². The highest BCUT2D eigenvalue weighted by molar-refractivity contribution is 5.93. The molecule has 2 aromatic heterocycles. The standard InChI is InChI=1S/C17H21N3O4/c1-3-23-17(22)12-6-4-8-20(11-12)16(21)13-10-14(19(2)18-13)15-7-5-9-24-15/h5,7,9-10,12H,3-4,6,8,11H2,1-2H3. The molecule has 0 aliphatic carbocycles. The van der Waals surface area contributed by atoms with E-state index in [4.69, 9.17) is 9.15 Å². The lowest BCUT2D eigenvalue weighted by Gasteiger charge is -2.31. The summed E-state index contributed by atoms with van der Waals surface area (Å²) in [6.07, 6.45) is 3.12. The summed E-state index contributed by atoms with van der Waals surface area (Å²) in [6.45, 7) is 3.15. The number of esters is 1. The summed E-state index contributed by atoms with van der Waals surface area (Å²) in [5.74, 6) is 0.00713. The van der Waals surface area contributed by atoms with E-state index in [9.17, 15) is 9.59 Å². The first-order valence-corrected chi connectivity index (χ1v) is 8.14. The van der Waals surface area contributed by atoms with Gasteiger partial charge < -0.3 is 14.1 Å². The number of piperidine rings is 1. The Morgan fingerprint density at radius 3 is 3.00 bits per heavy atom. The number of ether oxygens (including phenoxy) is 1. The van der Waals surface area contributed by atoms with Crippen molar-refractivity contribution in [3.63, 3.8) is 0 Å². The van der Waals surface area contributed by atoms with Gasteiger partial charge in [-0.3, -0.25) is 14.3 Å². The van der Waals surface area contributed by atoms with Crippen LogP contribution in [0.3, 0.4) is 0 Å². The molecule has 1 aliphatic heterocycles. The summed E-state index contributed by atoms with van der Waals surface area (Å²) in [7, 11) is 1.77. The Morgan fingerprint density at radius 1 is 1.46 bits per heavy atom. The van der Waals surface area contributed by atoms with Crippen molar-refractivity contribution < 1.29 is 18.7 Å². The Morgan fingerprint density at radius 2 is 2.29 bits per heavy atom. The van der Waals surface area contributed by atoms with Gasteiger partial charge in [0.15, 0.2) is 11.5 Å². The number of hydrogen-bond donors (Lipinski definition) is 0. The molecule has 7 nitrogen and oxygen atoms in total. The maximum absolute atomic E-state index is 12.7. The third-order valence-electron chi connectivity index (χ3n) is 4.20. The second-order valence-corrected chi connectivity index (χ2v) is 5.86. The Hall–Kier alpha value is -2.57. The van der Waals surface area contributed by atoms with E-state index in [-0.39, 0.29) is 17.8 Å². The van der Waals surface area contributed by atoms with Crippen molar-refractivity contribution >= 4 is 11.9 Å². The van der Waals surface area contributed by atoms with E-state index < -0.39 is 0 Å². The van der Waals surface area contributed by atoms with Gasteiger partial charge in [-0.1, -0.05) is 0 Å². The molecule has 1 amide bonds. The minimum Gasteiger partial charge on any atom is -0.466 e. The molecule has 1 fully saturated rings. The van der Waals surface area contributed by atoms with Crippen molar-refractivity contribution in [2.45, 2.75) is 19.8 Å². The van der Waals surface area contributed by atoms with Crippen molar-refractivity contribution in [2.24, 2.45) is 13.0 Å². The van der Waals surface area contributed by atoms with Gasteiger partial charge in [0.05, 0.1) is 18.8 Å². The van der Waals surface area contributed by atoms with Crippen LogP contribution in [0.25, 0.3) is 11.5 Å². The zero-order valence-corrected chi connectivity index (χ0v) is 13.9. The maximum Gasteiger partial charge on any atom is 0.310 e. The summed E-state index contributed by atoms with van der Waals surface area (Å²) < 4.78 is 12.1. The molecular formula is C17H21N3O4. The highest BCUT2D eigenvalue weighted by Crippen LogP contribution is 2.23. The molecule has 3 heterocycles. The second-order valence-electron chi connectivity index (χ2n) is 5.86. The van der Waals surface area contributed by atoms with Crippen LogP contribution >= 0.6 is 0 Å². The summed E-state index contributed by atoms with van der Waals surface area (Å²) in [5.41, 5.74) is 1.09.